The number of fused-ring (bicyclic) bond motifs is 1. The lowest BCUT2D eigenvalue weighted by Gasteiger charge is -2.16. The van der Waals surface area contributed by atoms with Crippen LogP contribution in [0, 0.1) is 12.7 Å². The second kappa shape index (κ2) is 7.19. The Morgan fingerprint density at radius 2 is 1.60 bits per heavy atom. The average molecular weight is 397 g/mol. The molecule has 0 amide bonds. The van der Waals surface area contributed by atoms with Crippen LogP contribution in [0.3, 0.4) is 0 Å². The Bertz CT molecular complexity index is 1380. The van der Waals surface area contributed by atoms with Crippen LogP contribution in [-0.2, 0) is 0 Å². The minimum atomic E-state index is -0.338. The van der Waals surface area contributed by atoms with Gasteiger partial charge in [0, 0.05) is 28.7 Å². The summed E-state index contributed by atoms with van der Waals surface area (Å²) in [5, 5.41) is 4.26. The van der Waals surface area contributed by atoms with Crippen LogP contribution >= 0.6 is 0 Å². The number of hydrogen-bond acceptors (Lipinski definition) is 1. The van der Waals surface area contributed by atoms with Crippen molar-refractivity contribution >= 4 is 10.9 Å². The Morgan fingerprint density at radius 3 is 2.37 bits per heavy atom. The van der Waals surface area contributed by atoms with Crippen LogP contribution in [-0.4, -0.2) is 14.8 Å². The number of nitrogens with one attached hydrogen (secondary N) is 2. The van der Waals surface area contributed by atoms with E-state index in [1.54, 1.807) is 16.8 Å². The smallest absolute Gasteiger partial charge is 0.275 e. The third kappa shape index (κ3) is 2.95. The molecule has 2 aromatic heterocycles. The van der Waals surface area contributed by atoms with E-state index in [4.69, 9.17) is 0 Å². The minimum absolute atomic E-state index is 0.113. The van der Waals surface area contributed by atoms with Gasteiger partial charge in [-0.25, -0.2) is 9.07 Å². The second-order valence-corrected chi connectivity index (χ2v) is 7.40. The number of rotatable bonds is 4. The molecule has 5 heteroatoms. The van der Waals surface area contributed by atoms with E-state index in [0.29, 0.717) is 5.56 Å². The third-order valence-corrected chi connectivity index (χ3v) is 5.56. The number of H-pyrrole nitrogens is 2. The number of halogens is 1. The summed E-state index contributed by atoms with van der Waals surface area (Å²) in [7, 11) is 0. The van der Waals surface area contributed by atoms with E-state index in [1.165, 1.54) is 12.1 Å². The maximum Gasteiger partial charge on any atom is 0.275 e. The molecule has 0 saturated carbocycles. The van der Waals surface area contributed by atoms with Gasteiger partial charge in [-0.2, -0.15) is 0 Å². The van der Waals surface area contributed by atoms with Gasteiger partial charge in [0.15, 0.2) is 0 Å². The van der Waals surface area contributed by atoms with Crippen LogP contribution in [0.25, 0.3) is 16.6 Å². The number of aryl methyl sites for hydroxylation is 1. The van der Waals surface area contributed by atoms with Crippen molar-refractivity contribution in [1.29, 1.82) is 0 Å². The fourth-order valence-corrected chi connectivity index (χ4v) is 4.15. The van der Waals surface area contributed by atoms with Gasteiger partial charge in [-0.1, -0.05) is 48.5 Å². The molecule has 2 N–H and O–H groups in total. The second-order valence-electron chi connectivity index (χ2n) is 7.40. The number of benzene rings is 3. The van der Waals surface area contributed by atoms with Gasteiger partial charge in [-0.05, 0) is 48.4 Å². The molecule has 0 aliphatic rings. The lowest BCUT2D eigenvalue weighted by atomic mass is 9.85. The fourth-order valence-electron chi connectivity index (χ4n) is 4.15. The Labute approximate surface area is 172 Å². The zero-order chi connectivity index (χ0) is 20.7. The average Bonchev–Trinajstić information content (AvgIpc) is 3.32. The van der Waals surface area contributed by atoms with Crippen LogP contribution in [0.4, 0.5) is 4.39 Å². The van der Waals surface area contributed by atoms with E-state index >= 15 is 0 Å². The Balaban J connectivity index is 1.77. The number of nitrogens with zero attached hydrogens (tertiary/aromatic N) is 1. The molecule has 3 aromatic carbocycles. The molecule has 5 aromatic rings. The molecule has 1 atom stereocenters. The SMILES string of the molecule is Cc1[nH]n(-c2ccccc2)c(=O)c1C(c1ccc(F)cc1)c1c[nH]c2ccccc12. The number of aromatic amines is 2. The van der Waals surface area contributed by atoms with Gasteiger partial charge >= 0.3 is 0 Å². The van der Waals surface area contributed by atoms with Crippen molar-refractivity contribution in [2.75, 3.05) is 0 Å². The monoisotopic (exact) mass is 397 g/mol. The highest BCUT2D eigenvalue weighted by Gasteiger charge is 2.27. The largest absolute Gasteiger partial charge is 0.361 e. The van der Waals surface area contributed by atoms with Gasteiger partial charge in [-0.15, -0.1) is 0 Å². The van der Waals surface area contributed by atoms with Crippen molar-refractivity contribution in [1.82, 2.24) is 14.8 Å². The lowest BCUT2D eigenvalue weighted by Crippen LogP contribution is -2.20. The zero-order valence-electron chi connectivity index (χ0n) is 16.4. The first kappa shape index (κ1) is 18.2. The Kier molecular flexibility index (Phi) is 4.36. The molecule has 0 spiro atoms. The summed E-state index contributed by atoms with van der Waals surface area (Å²) < 4.78 is 15.2. The first-order valence-corrected chi connectivity index (χ1v) is 9.82. The van der Waals surface area contributed by atoms with E-state index in [1.807, 2.05) is 67.7 Å². The van der Waals surface area contributed by atoms with Crippen molar-refractivity contribution in [3.63, 3.8) is 0 Å². The lowest BCUT2D eigenvalue weighted by molar-refractivity contribution is 0.627. The molecule has 0 saturated heterocycles. The molecule has 0 bridgehead atoms. The fraction of sp³-hybridized carbons (Fsp3) is 0.0800. The summed E-state index contributed by atoms with van der Waals surface area (Å²) >= 11 is 0. The summed E-state index contributed by atoms with van der Waals surface area (Å²) in [4.78, 5) is 16.9. The Morgan fingerprint density at radius 1 is 0.900 bits per heavy atom. The van der Waals surface area contributed by atoms with E-state index in [9.17, 15) is 9.18 Å². The molecule has 0 radical (unpaired) electrons. The van der Waals surface area contributed by atoms with Gasteiger partial charge in [0.2, 0.25) is 0 Å². The van der Waals surface area contributed by atoms with Crippen molar-refractivity contribution in [2.24, 2.45) is 0 Å². The molecule has 1 unspecified atom stereocenters. The predicted molar refractivity (Wildman–Crippen MR) is 117 cm³/mol. The molecule has 4 nitrogen and oxygen atoms in total. The first-order valence-electron chi connectivity index (χ1n) is 9.82. The van der Waals surface area contributed by atoms with Crippen molar-refractivity contribution in [2.45, 2.75) is 12.8 Å². The van der Waals surface area contributed by atoms with Gasteiger partial charge in [0.25, 0.3) is 5.56 Å². The maximum atomic E-state index is 13.7. The molecule has 148 valence electrons. The van der Waals surface area contributed by atoms with Crippen molar-refractivity contribution in [3.05, 3.63) is 124 Å². The summed E-state index contributed by atoms with van der Waals surface area (Å²) in [6, 6.07) is 23.9. The topological polar surface area (TPSA) is 53.6 Å². The quantitative estimate of drug-likeness (QED) is 0.426. The normalized spacial score (nSPS) is 12.3. The standard InChI is InChI=1S/C25H20FN3O/c1-16-23(25(30)29(28-16)19-7-3-2-4-8-19)24(17-11-13-18(26)14-12-17)21-15-27-22-10-6-5-9-20(21)22/h2-15,24,27-28H,1H3. The van der Waals surface area contributed by atoms with Crippen LogP contribution in [0.2, 0.25) is 0 Å². The first-order chi connectivity index (χ1) is 14.6. The van der Waals surface area contributed by atoms with Gasteiger partial charge in [0.1, 0.15) is 5.82 Å². The summed E-state index contributed by atoms with van der Waals surface area (Å²) in [6.45, 7) is 1.90. The number of para-hydroxylation sites is 2. The van der Waals surface area contributed by atoms with Gasteiger partial charge in [0.05, 0.1) is 11.3 Å². The molecular weight excluding hydrogens is 377 g/mol. The van der Waals surface area contributed by atoms with Crippen molar-refractivity contribution in [3.8, 4) is 5.69 Å². The van der Waals surface area contributed by atoms with Crippen LogP contribution in [0.15, 0.2) is 89.9 Å². The number of hydrogen-bond donors (Lipinski definition) is 2. The molecule has 0 fully saturated rings. The Hall–Kier alpha value is -3.86. The van der Waals surface area contributed by atoms with Crippen LogP contribution in [0.1, 0.15) is 28.3 Å². The number of aromatic nitrogens is 3. The third-order valence-electron chi connectivity index (χ3n) is 5.56. The predicted octanol–water partition coefficient (Wildman–Crippen LogP) is 5.27. The van der Waals surface area contributed by atoms with E-state index in [0.717, 1.165) is 33.4 Å². The van der Waals surface area contributed by atoms with Crippen molar-refractivity contribution < 1.29 is 4.39 Å². The molecule has 0 aliphatic carbocycles. The highest BCUT2D eigenvalue weighted by Crippen LogP contribution is 2.36. The van der Waals surface area contributed by atoms with E-state index in [2.05, 4.69) is 10.1 Å². The highest BCUT2D eigenvalue weighted by molar-refractivity contribution is 5.84. The van der Waals surface area contributed by atoms with Crippen LogP contribution < -0.4 is 5.56 Å². The minimum Gasteiger partial charge on any atom is -0.361 e. The zero-order valence-corrected chi connectivity index (χ0v) is 16.4. The van der Waals surface area contributed by atoms with E-state index < -0.39 is 0 Å². The van der Waals surface area contributed by atoms with E-state index in [-0.39, 0.29) is 17.3 Å². The summed E-state index contributed by atoms with van der Waals surface area (Å²) in [6.07, 6.45) is 1.94. The van der Waals surface area contributed by atoms with Gasteiger partial charge in [-0.3, -0.25) is 9.89 Å². The van der Waals surface area contributed by atoms with Gasteiger partial charge < -0.3 is 4.98 Å². The summed E-state index contributed by atoms with van der Waals surface area (Å²) in [5.41, 5.74) is 4.93. The highest BCUT2D eigenvalue weighted by atomic mass is 19.1. The molecule has 5 rings (SSSR count). The molecule has 30 heavy (non-hydrogen) atoms. The van der Waals surface area contributed by atoms with Crippen LogP contribution in [0.5, 0.6) is 0 Å². The molecular formula is C25H20FN3O. The maximum absolute atomic E-state index is 13.7. The molecule has 2 heterocycles. The summed E-state index contributed by atoms with van der Waals surface area (Å²) in [5.74, 6) is -0.639. The molecule has 0 aliphatic heterocycles.